The maximum atomic E-state index is 12.8. The second kappa shape index (κ2) is 6.12. The molecule has 0 saturated carbocycles. The van der Waals surface area contributed by atoms with Gasteiger partial charge in [0.05, 0.1) is 4.90 Å². The van der Waals surface area contributed by atoms with Crippen molar-refractivity contribution in [2.75, 3.05) is 5.32 Å². The standard InChI is InChI=1S/C17H20N2O3S/c1-12-8-10-14(11-9-12)23(21,22)17(3,4)16(20)19-15-7-5-6-13(2)18-15/h5-11H,1-4H3,(H,18,19,20). The van der Waals surface area contributed by atoms with Crippen LogP contribution in [0.25, 0.3) is 0 Å². The molecule has 6 heteroatoms. The number of carbonyl (C=O) groups excluding carboxylic acids is 1. The van der Waals surface area contributed by atoms with Crippen molar-refractivity contribution in [3.05, 3.63) is 53.7 Å². The lowest BCUT2D eigenvalue weighted by molar-refractivity contribution is -0.117. The molecule has 0 fully saturated rings. The zero-order valence-electron chi connectivity index (χ0n) is 13.6. The summed E-state index contributed by atoms with van der Waals surface area (Å²) in [6.07, 6.45) is 0. The molecule has 2 rings (SSSR count). The van der Waals surface area contributed by atoms with Crippen molar-refractivity contribution < 1.29 is 13.2 Å². The topological polar surface area (TPSA) is 76.1 Å². The van der Waals surface area contributed by atoms with E-state index in [9.17, 15) is 13.2 Å². The third-order valence-corrected chi connectivity index (χ3v) is 6.10. The molecule has 1 amide bonds. The summed E-state index contributed by atoms with van der Waals surface area (Å²) < 4.78 is 23.9. The van der Waals surface area contributed by atoms with Gasteiger partial charge in [-0.2, -0.15) is 0 Å². The number of amides is 1. The zero-order valence-corrected chi connectivity index (χ0v) is 14.4. The van der Waals surface area contributed by atoms with E-state index in [0.29, 0.717) is 5.82 Å². The summed E-state index contributed by atoms with van der Waals surface area (Å²) in [5, 5.41) is 2.58. The van der Waals surface area contributed by atoms with E-state index in [-0.39, 0.29) is 4.90 Å². The highest BCUT2D eigenvalue weighted by Crippen LogP contribution is 2.27. The fourth-order valence-electron chi connectivity index (χ4n) is 2.01. The van der Waals surface area contributed by atoms with Crippen molar-refractivity contribution in [2.24, 2.45) is 0 Å². The van der Waals surface area contributed by atoms with Gasteiger partial charge in [0.15, 0.2) is 9.84 Å². The molecule has 1 N–H and O–H groups in total. The van der Waals surface area contributed by atoms with Gasteiger partial charge in [-0.05, 0) is 52.0 Å². The largest absolute Gasteiger partial charge is 0.309 e. The third kappa shape index (κ3) is 3.42. The van der Waals surface area contributed by atoms with Crippen molar-refractivity contribution in [1.82, 2.24) is 4.98 Å². The van der Waals surface area contributed by atoms with Gasteiger partial charge in [0.2, 0.25) is 5.91 Å². The molecule has 0 aliphatic heterocycles. The number of nitrogens with one attached hydrogen (secondary N) is 1. The Labute approximate surface area is 136 Å². The Balaban J connectivity index is 2.32. The quantitative estimate of drug-likeness (QED) is 0.934. The van der Waals surface area contributed by atoms with E-state index in [1.165, 1.54) is 26.0 Å². The van der Waals surface area contributed by atoms with Gasteiger partial charge in [0.25, 0.3) is 0 Å². The summed E-state index contributed by atoms with van der Waals surface area (Å²) in [4.78, 5) is 16.8. The normalized spacial score (nSPS) is 12.0. The van der Waals surface area contributed by atoms with Gasteiger partial charge in [0, 0.05) is 5.69 Å². The Hall–Kier alpha value is -2.21. The number of aryl methyl sites for hydroxylation is 2. The average molecular weight is 332 g/mol. The van der Waals surface area contributed by atoms with Gasteiger partial charge < -0.3 is 5.32 Å². The molecule has 2 aromatic rings. The van der Waals surface area contributed by atoms with Crippen molar-refractivity contribution in [3.63, 3.8) is 0 Å². The van der Waals surface area contributed by atoms with Crippen LogP contribution in [-0.2, 0) is 14.6 Å². The lowest BCUT2D eigenvalue weighted by Gasteiger charge is -2.23. The molecule has 0 unspecified atom stereocenters. The number of sulfone groups is 1. The molecule has 0 aliphatic carbocycles. The number of carbonyl (C=O) groups is 1. The van der Waals surface area contributed by atoms with Gasteiger partial charge in [-0.25, -0.2) is 13.4 Å². The molecular formula is C17H20N2O3S. The van der Waals surface area contributed by atoms with Gasteiger partial charge >= 0.3 is 0 Å². The first kappa shape index (κ1) is 17.1. The van der Waals surface area contributed by atoms with Crippen LogP contribution < -0.4 is 5.32 Å². The first-order valence-electron chi connectivity index (χ1n) is 7.21. The Morgan fingerprint density at radius 1 is 1.04 bits per heavy atom. The maximum absolute atomic E-state index is 12.8. The highest BCUT2D eigenvalue weighted by atomic mass is 32.2. The van der Waals surface area contributed by atoms with Crippen LogP contribution >= 0.6 is 0 Å². The fourth-order valence-corrected chi connectivity index (χ4v) is 3.39. The molecule has 1 aromatic carbocycles. The minimum atomic E-state index is -3.82. The molecule has 0 radical (unpaired) electrons. The summed E-state index contributed by atoms with van der Waals surface area (Å²) in [7, 11) is -3.82. The molecule has 0 saturated heterocycles. The van der Waals surface area contributed by atoms with E-state index in [1.54, 1.807) is 37.3 Å². The van der Waals surface area contributed by atoms with Gasteiger partial charge in [-0.3, -0.25) is 4.79 Å². The van der Waals surface area contributed by atoms with E-state index in [1.807, 2.05) is 6.92 Å². The molecular weight excluding hydrogens is 312 g/mol. The number of anilines is 1. The molecule has 0 bridgehead atoms. The van der Waals surface area contributed by atoms with E-state index in [2.05, 4.69) is 10.3 Å². The lowest BCUT2D eigenvalue weighted by Crippen LogP contribution is -2.44. The highest BCUT2D eigenvalue weighted by Gasteiger charge is 2.42. The van der Waals surface area contributed by atoms with Crippen LogP contribution in [0.3, 0.4) is 0 Å². The van der Waals surface area contributed by atoms with Crippen LogP contribution in [0.2, 0.25) is 0 Å². The van der Waals surface area contributed by atoms with Crippen molar-refractivity contribution in [1.29, 1.82) is 0 Å². The van der Waals surface area contributed by atoms with Crippen LogP contribution in [-0.4, -0.2) is 24.1 Å². The minimum absolute atomic E-state index is 0.125. The molecule has 122 valence electrons. The monoisotopic (exact) mass is 332 g/mol. The predicted octanol–water partition coefficient (Wildman–Crippen LogP) is 2.89. The molecule has 0 atom stereocenters. The fraction of sp³-hybridized carbons (Fsp3) is 0.294. The van der Waals surface area contributed by atoms with E-state index in [0.717, 1.165) is 11.3 Å². The average Bonchev–Trinajstić information content (AvgIpc) is 2.47. The summed E-state index contributed by atoms with van der Waals surface area (Å²) in [6, 6.07) is 11.6. The number of benzene rings is 1. The summed E-state index contributed by atoms with van der Waals surface area (Å²) in [6.45, 7) is 6.46. The first-order valence-corrected chi connectivity index (χ1v) is 8.69. The van der Waals surface area contributed by atoms with Crippen LogP contribution in [0.15, 0.2) is 47.4 Å². The van der Waals surface area contributed by atoms with Crippen molar-refractivity contribution in [2.45, 2.75) is 37.3 Å². The van der Waals surface area contributed by atoms with Gasteiger partial charge in [0.1, 0.15) is 10.6 Å². The van der Waals surface area contributed by atoms with E-state index in [4.69, 9.17) is 0 Å². The lowest BCUT2D eigenvalue weighted by atomic mass is 10.2. The zero-order chi connectivity index (χ0) is 17.3. The van der Waals surface area contributed by atoms with Crippen molar-refractivity contribution >= 4 is 21.6 Å². The smallest absolute Gasteiger partial charge is 0.246 e. The number of hydrogen-bond acceptors (Lipinski definition) is 4. The molecule has 1 aromatic heterocycles. The number of nitrogens with zero attached hydrogens (tertiary/aromatic N) is 1. The van der Waals surface area contributed by atoms with Gasteiger partial charge in [-0.1, -0.05) is 23.8 Å². The summed E-state index contributed by atoms with van der Waals surface area (Å²) in [5.41, 5.74) is 1.69. The minimum Gasteiger partial charge on any atom is -0.309 e. The van der Waals surface area contributed by atoms with Crippen LogP contribution in [0.4, 0.5) is 5.82 Å². The summed E-state index contributed by atoms with van der Waals surface area (Å²) >= 11 is 0. The Kier molecular flexibility index (Phi) is 4.56. The Morgan fingerprint density at radius 2 is 1.65 bits per heavy atom. The third-order valence-electron chi connectivity index (χ3n) is 3.68. The van der Waals surface area contributed by atoms with E-state index >= 15 is 0 Å². The molecule has 0 aliphatic rings. The number of hydrogen-bond donors (Lipinski definition) is 1. The predicted molar refractivity (Wildman–Crippen MR) is 90.0 cm³/mol. The van der Waals surface area contributed by atoms with E-state index < -0.39 is 20.5 Å². The SMILES string of the molecule is Cc1ccc(S(=O)(=O)C(C)(C)C(=O)Nc2cccc(C)n2)cc1. The number of pyridine rings is 1. The summed E-state index contributed by atoms with van der Waals surface area (Å²) in [5.74, 6) is -0.279. The second-order valence-corrected chi connectivity index (χ2v) is 8.44. The maximum Gasteiger partial charge on any atom is 0.246 e. The van der Waals surface area contributed by atoms with Crippen LogP contribution in [0, 0.1) is 13.8 Å². The van der Waals surface area contributed by atoms with Crippen LogP contribution in [0.1, 0.15) is 25.1 Å². The molecule has 1 heterocycles. The van der Waals surface area contributed by atoms with Crippen LogP contribution in [0.5, 0.6) is 0 Å². The second-order valence-electron chi connectivity index (χ2n) is 5.95. The Bertz CT molecular complexity index is 825. The molecule has 0 spiro atoms. The highest BCUT2D eigenvalue weighted by molar-refractivity contribution is 7.93. The molecule has 23 heavy (non-hydrogen) atoms. The van der Waals surface area contributed by atoms with Crippen molar-refractivity contribution in [3.8, 4) is 0 Å². The number of aromatic nitrogens is 1. The first-order chi connectivity index (χ1) is 10.6. The van der Waals surface area contributed by atoms with Gasteiger partial charge in [-0.15, -0.1) is 0 Å². The molecule has 5 nitrogen and oxygen atoms in total. The number of rotatable bonds is 4. The Morgan fingerprint density at radius 3 is 2.22 bits per heavy atom.